The molecule has 8 heteroatoms. The van der Waals surface area contributed by atoms with Crippen LogP contribution in [0.1, 0.15) is 26.3 Å². The van der Waals surface area contributed by atoms with Crippen molar-refractivity contribution in [2.24, 2.45) is 0 Å². The molecule has 0 unspecified atom stereocenters. The molecule has 0 aliphatic carbocycles. The third-order valence-corrected chi connectivity index (χ3v) is 4.78. The zero-order chi connectivity index (χ0) is 18.8. The summed E-state index contributed by atoms with van der Waals surface area (Å²) in [6, 6.07) is 9.76. The molecular weight excluding hydrogens is 420 g/mol. The van der Waals surface area contributed by atoms with Crippen molar-refractivity contribution in [1.82, 2.24) is 4.90 Å². The quantitative estimate of drug-likeness (QED) is 0.589. The van der Waals surface area contributed by atoms with Crippen molar-refractivity contribution in [2.75, 3.05) is 6.61 Å². The Morgan fingerprint density at radius 3 is 2.04 bits per heavy atom. The normalized spacial score (nSPS) is 13.0. The Kier molecular flexibility index (Phi) is 5.78. The van der Waals surface area contributed by atoms with Crippen LogP contribution in [0.5, 0.6) is 5.75 Å². The highest BCUT2D eigenvalue weighted by atomic mass is 35.5. The number of carbonyl (C=O) groups excluding carboxylic acids is 2. The van der Waals surface area contributed by atoms with E-state index in [4.69, 9.17) is 51.1 Å². The summed E-state index contributed by atoms with van der Waals surface area (Å²) in [6.45, 7) is 0.116. The molecule has 0 saturated carbocycles. The van der Waals surface area contributed by atoms with Crippen LogP contribution in [0.25, 0.3) is 0 Å². The van der Waals surface area contributed by atoms with Gasteiger partial charge in [0.05, 0.1) is 27.7 Å². The number of benzene rings is 2. The summed E-state index contributed by atoms with van der Waals surface area (Å²) in [7, 11) is 0. The van der Waals surface area contributed by atoms with Crippen molar-refractivity contribution in [3.63, 3.8) is 0 Å². The maximum absolute atomic E-state index is 12.5. The Bertz CT molecular complexity index is 864. The number of nitrogens with zero attached hydrogens (tertiary/aromatic N) is 1. The molecule has 2 aromatic carbocycles. The number of hydrogen-bond donors (Lipinski definition) is 0. The summed E-state index contributed by atoms with van der Waals surface area (Å²) in [5, 5.41) is 0.565. The van der Waals surface area contributed by atoms with Crippen LogP contribution < -0.4 is 4.74 Å². The van der Waals surface area contributed by atoms with Crippen LogP contribution in [0, 0.1) is 0 Å². The average Bonchev–Trinajstić information content (AvgIpc) is 2.82. The van der Waals surface area contributed by atoms with Crippen molar-refractivity contribution >= 4 is 58.2 Å². The van der Waals surface area contributed by atoms with Crippen LogP contribution in [0.15, 0.2) is 47.0 Å². The van der Waals surface area contributed by atoms with Gasteiger partial charge in [0.25, 0.3) is 11.8 Å². The summed E-state index contributed by atoms with van der Waals surface area (Å²) in [6.07, 6.45) is 1.47. The van der Waals surface area contributed by atoms with Crippen LogP contribution in [0.4, 0.5) is 0 Å². The SMILES string of the molecule is O=C1c2ccccc2C(=O)N1Cc1c(Cl)cc(OCC=C(Cl)Cl)cc1Cl. The predicted molar refractivity (Wildman–Crippen MR) is 102 cm³/mol. The minimum absolute atomic E-state index is 0.0301. The van der Waals surface area contributed by atoms with Gasteiger partial charge >= 0.3 is 0 Å². The van der Waals surface area contributed by atoms with Gasteiger partial charge in [0, 0.05) is 5.56 Å². The molecule has 0 saturated heterocycles. The summed E-state index contributed by atoms with van der Waals surface area (Å²) in [5.74, 6) is -0.336. The van der Waals surface area contributed by atoms with Gasteiger partial charge in [-0.3, -0.25) is 14.5 Å². The molecule has 0 aromatic heterocycles. The molecular formula is C18H11Cl4NO3. The number of rotatable bonds is 5. The lowest BCUT2D eigenvalue weighted by Gasteiger charge is -2.17. The Morgan fingerprint density at radius 2 is 1.54 bits per heavy atom. The fourth-order valence-corrected chi connectivity index (χ4v) is 3.27. The van der Waals surface area contributed by atoms with E-state index in [0.717, 1.165) is 4.90 Å². The number of carbonyl (C=O) groups is 2. The van der Waals surface area contributed by atoms with Crippen molar-refractivity contribution in [1.29, 1.82) is 0 Å². The topological polar surface area (TPSA) is 46.6 Å². The van der Waals surface area contributed by atoms with Crippen LogP contribution in [-0.2, 0) is 6.54 Å². The lowest BCUT2D eigenvalue weighted by atomic mass is 10.1. The second kappa shape index (κ2) is 7.89. The number of fused-ring (bicyclic) bond motifs is 1. The zero-order valence-electron chi connectivity index (χ0n) is 13.1. The van der Waals surface area contributed by atoms with Gasteiger partial charge in [-0.1, -0.05) is 58.5 Å². The maximum Gasteiger partial charge on any atom is 0.261 e. The second-order valence-electron chi connectivity index (χ2n) is 5.41. The van der Waals surface area contributed by atoms with E-state index in [0.29, 0.717) is 22.4 Å². The van der Waals surface area contributed by atoms with Crippen LogP contribution in [0.2, 0.25) is 10.0 Å². The molecule has 2 amide bonds. The summed E-state index contributed by atoms with van der Waals surface area (Å²) in [4.78, 5) is 26.1. The molecule has 0 atom stereocenters. The molecule has 4 nitrogen and oxygen atoms in total. The Labute approximate surface area is 169 Å². The first-order chi connectivity index (χ1) is 12.4. The monoisotopic (exact) mass is 429 g/mol. The highest BCUT2D eigenvalue weighted by molar-refractivity contribution is 6.55. The first-order valence-electron chi connectivity index (χ1n) is 7.45. The highest BCUT2D eigenvalue weighted by Crippen LogP contribution is 2.33. The van der Waals surface area contributed by atoms with Gasteiger partial charge in [-0.2, -0.15) is 0 Å². The fourth-order valence-electron chi connectivity index (χ4n) is 2.56. The van der Waals surface area contributed by atoms with E-state index in [9.17, 15) is 9.59 Å². The van der Waals surface area contributed by atoms with Gasteiger partial charge in [0.15, 0.2) is 0 Å². The third-order valence-electron chi connectivity index (χ3n) is 3.80. The van der Waals surface area contributed by atoms with Crippen molar-refractivity contribution < 1.29 is 14.3 Å². The number of halogens is 4. The number of ether oxygens (including phenoxy) is 1. The Balaban J connectivity index is 1.82. The molecule has 0 bridgehead atoms. The lowest BCUT2D eigenvalue weighted by Crippen LogP contribution is -2.29. The summed E-state index contributed by atoms with van der Waals surface area (Å²) < 4.78 is 5.52. The molecule has 26 heavy (non-hydrogen) atoms. The molecule has 0 fully saturated rings. The first kappa shape index (κ1) is 19.1. The van der Waals surface area contributed by atoms with Crippen molar-refractivity contribution in [2.45, 2.75) is 6.54 Å². The average molecular weight is 431 g/mol. The molecule has 134 valence electrons. The molecule has 0 radical (unpaired) electrons. The summed E-state index contributed by atoms with van der Waals surface area (Å²) in [5.41, 5.74) is 1.20. The molecule has 1 aliphatic heterocycles. The number of hydrogen-bond acceptors (Lipinski definition) is 3. The summed E-state index contributed by atoms with van der Waals surface area (Å²) >= 11 is 23.6. The van der Waals surface area contributed by atoms with Gasteiger partial charge in [0.1, 0.15) is 16.8 Å². The van der Waals surface area contributed by atoms with E-state index in [2.05, 4.69) is 0 Å². The van der Waals surface area contributed by atoms with E-state index in [1.165, 1.54) is 6.08 Å². The number of amides is 2. The Morgan fingerprint density at radius 1 is 1.00 bits per heavy atom. The molecule has 0 spiro atoms. The van der Waals surface area contributed by atoms with Gasteiger partial charge in [-0.25, -0.2) is 0 Å². The second-order valence-corrected chi connectivity index (χ2v) is 7.23. The van der Waals surface area contributed by atoms with E-state index >= 15 is 0 Å². The van der Waals surface area contributed by atoms with Gasteiger partial charge in [-0.05, 0) is 30.3 Å². The minimum Gasteiger partial charge on any atom is -0.489 e. The molecule has 3 rings (SSSR count). The van der Waals surface area contributed by atoms with E-state index in [1.807, 2.05) is 0 Å². The first-order valence-corrected chi connectivity index (χ1v) is 8.96. The Hall–Kier alpha value is -1.72. The minimum atomic E-state index is -0.375. The molecule has 1 heterocycles. The van der Waals surface area contributed by atoms with E-state index in [1.54, 1.807) is 36.4 Å². The van der Waals surface area contributed by atoms with Gasteiger partial charge in [-0.15, -0.1) is 0 Å². The van der Waals surface area contributed by atoms with E-state index in [-0.39, 0.29) is 39.5 Å². The molecule has 1 aliphatic rings. The predicted octanol–water partition coefficient (Wildman–Crippen LogP) is 5.49. The van der Waals surface area contributed by atoms with Crippen LogP contribution in [0.3, 0.4) is 0 Å². The van der Waals surface area contributed by atoms with E-state index < -0.39 is 0 Å². The standard InChI is InChI=1S/C18H11Cl4NO3/c19-14-7-10(26-6-5-16(21)22)8-15(20)13(14)9-23-17(24)11-3-1-2-4-12(11)18(23)25/h1-5,7-8H,6,9H2. The number of imide groups is 1. The smallest absolute Gasteiger partial charge is 0.261 e. The van der Waals surface area contributed by atoms with Gasteiger partial charge in [0.2, 0.25) is 0 Å². The highest BCUT2D eigenvalue weighted by Gasteiger charge is 2.35. The third kappa shape index (κ3) is 3.84. The molecule has 0 N–H and O–H groups in total. The zero-order valence-corrected chi connectivity index (χ0v) is 16.2. The largest absolute Gasteiger partial charge is 0.489 e. The lowest BCUT2D eigenvalue weighted by molar-refractivity contribution is 0.0642. The molecule has 2 aromatic rings. The van der Waals surface area contributed by atoms with Crippen LogP contribution in [-0.4, -0.2) is 23.3 Å². The maximum atomic E-state index is 12.5. The van der Waals surface area contributed by atoms with Crippen molar-refractivity contribution in [3.8, 4) is 5.75 Å². The van der Waals surface area contributed by atoms with Crippen LogP contribution >= 0.6 is 46.4 Å². The van der Waals surface area contributed by atoms with Crippen molar-refractivity contribution in [3.05, 3.63) is 73.7 Å². The fraction of sp³-hybridized carbons (Fsp3) is 0.111. The van der Waals surface area contributed by atoms with Gasteiger partial charge < -0.3 is 4.74 Å².